The number of nitrogens with one attached hydrogen (secondary N) is 1. The molecule has 2 amide bonds. The highest BCUT2D eigenvalue weighted by atomic mass is 19.1. The van der Waals surface area contributed by atoms with Gasteiger partial charge in [0.15, 0.2) is 11.6 Å². The fourth-order valence-electron chi connectivity index (χ4n) is 5.42. The number of carbonyl (C=O) groups is 2. The molecule has 4 heterocycles. The Morgan fingerprint density at radius 1 is 0.977 bits per heavy atom. The van der Waals surface area contributed by atoms with E-state index in [1.54, 1.807) is 17.0 Å². The van der Waals surface area contributed by atoms with Gasteiger partial charge in [0.1, 0.15) is 17.5 Å². The first kappa shape index (κ1) is 31.8. The van der Waals surface area contributed by atoms with E-state index in [2.05, 4.69) is 15.3 Å². The Kier molecular flexibility index (Phi) is 9.62. The molecule has 3 atom stereocenters. The first-order chi connectivity index (χ1) is 20.6. The summed E-state index contributed by atoms with van der Waals surface area (Å²) < 4.78 is 45.6. The minimum absolute atomic E-state index is 0.0202. The second-order valence-corrected chi connectivity index (χ2v) is 10.6. The number of carbonyl (C=O) groups excluding carboxylic acids is 2. The number of hydrogen-bond acceptors (Lipinski definition) is 6. The van der Waals surface area contributed by atoms with Gasteiger partial charge in [0.05, 0.1) is 23.5 Å². The Balaban J connectivity index is 0.00000102. The molecule has 2 aliphatic heterocycles. The summed E-state index contributed by atoms with van der Waals surface area (Å²) in [6.07, 6.45) is 3.55. The number of benzene rings is 1. The topological polar surface area (TPSA) is 104 Å². The molecular weight excluding hydrogens is 557 g/mol. The Morgan fingerprint density at radius 2 is 1.65 bits per heavy atom. The molecule has 1 saturated carbocycles. The zero-order chi connectivity index (χ0) is 31.6. The molecule has 43 heavy (non-hydrogen) atoms. The van der Waals surface area contributed by atoms with Crippen LogP contribution in [0.4, 0.5) is 30.5 Å². The van der Waals surface area contributed by atoms with E-state index in [0.29, 0.717) is 24.7 Å². The number of halogens is 3. The lowest BCUT2D eigenvalue weighted by atomic mass is 9.83. The molecule has 230 valence electrons. The van der Waals surface area contributed by atoms with Crippen molar-refractivity contribution >= 4 is 29.1 Å². The van der Waals surface area contributed by atoms with Gasteiger partial charge in [-0.3, -0.25) is 14.5 Å². The van der Waals surface area contributed by atoms with Gasteiger partial charge in [0.25, 0.3) is 5.91 Å². The maximum absolute atomic E-state index is 16.1. The van der Waals surface area contributed by atoms with Crippen LogP contribution >= 0.6 is 0 Å². The van der Waals surface area contributed by atoms with Gasteiger partial charge in [-0.1, -0.05) is 40.7 Å². The van der Waals surface area contributed by atoms with Crippen LogP contribution in [0.2, 0.25) is 0 Å². The van der Waals surface area contributed by atoms with Crippen molar-refractivity contribution in [3.8, 4) is 0 Å². The molecule has 0 radical (unpaired) electrons. The van der Waals surface area contributed by atoms with E-state index >= 15 is 8.78 Å². The van der Waals surface area contributed by atoms with Crippen molar-refractivity contribution in [3.05, 3.63) is 76.4 Å². The second-order valence-electron chi connectivity index (χ2n) is 10.6. The number of nitrogen functional groups attached to an aromatic ring is 1. The van der Waals surface area contributed by atoms with Crippen LogP contribution in [0.25, 0.3) is 0 Å². The monoisotopic (exact) mass is 596 g/mol. The number of rotatable bonds is 5. The Hall–Kier alpha value is -4.15. The number of pyridine rings is 2. The Bertz CT molecular complexity index is 1490. The summed E-state index contributed by atoms with van der Waals surface area (Å²) in [5.41, 5.74) is 5.93. The van der Waals surface area contributed by atoms with Gasteiger partial charge in [-0.05, 0) is 43.0 Å². The van der Waals surface area contributed by atoms with Crippen LogP contribution in [0.15, 0.2) is 36.7 Å². The summed E-state index contributed by atoms with van der Waals surface area (Å²) >= 11 is 0. The quantitative estimate of drug-likeness (QED) is 0.380. The summed E-state index contributed by atoms with van der Waals surface area (Å²) in [7, 11) is 0. The molecule has 3 aromatic rings. The van der Waals surface area contributed by atoms with E-state index in [4.69, 9.17) is 5.73 Å². The molecule has 1 saturated heterocycles. The first-order valence-electron chi connectivity index (χ1n) is 14.9. The minimum Gasteiger partial charge on any atom is -0.397 e. The SMILES string of the molecule is CC.CC.Cc1c(F)ccc(C2CN(c3ccc(N)cn3)C(=O)c3cnc(NC4CN(C(=O)C5CC5C)C4)c(F)c32)c1F. The standard InChI is InChI=1S/C28H27F3N6O2.2C2H6/c1-13-7-18(13)27(38)36-10-16(11-36)35-26-25(31)23-19(9-34-26)28(39)37(22-6-3-15(32)8-33-22)12-20(23)17-4-5-21(29)14(2)24(17)30;2*1-2/h3-6,8-9,13,16,18,20H,7,10-12,32H2,1-2H3,(H,34,35);2*1-2H3. The van der Waals surface area contributed by atoms with Gasteiger partial charge in [0, 0.05) is 48.8 Å². The molecule has 11 heteroatoms. The number of fused-ring (bicyclic) bond motifs is 1. The number of hydrogen-bond donors (Lipinski definition) is 2. The van der Waals surface area contributed by atoms with Crippen LogP contribution in [-0.2, 0) is 4.79 Å². The number of likely N-dealkylation sites (tertiary alicyclic amines) is 1. The van der Waals surface area contributed by atoms with Crippen molar-refractivity contribution in [3.63, 3.8) is 0 Å². The molecule has 3 aliphatic rings. The molecule has 0 spiro atoms. The van der Waals surface area contributed by atoms with Crippen LogP contribution in [0.3, 0.4) is 0 Å². The molecule has 3 unspecified atom stereocenters. The summed E-state index contributed by atoms with van der Waals surface area (Å²) in [6, 6.07) is 5.33. The van der Waals surface area contributed by atoms with E-state index in [9.17, 15) is 14.0 Å². The highest BCUT2D eigenvalue weighted by Gasteiger charge is 2.45. The molecule has 2 aromatic heterocycles. The van der Waals surface area contributed by atoms with Gasteiger partial charge in [-0.2, -0.15) is 0 Å². The van der Waals surface area contributed by atoms with E-state index in [1.807, 2.05) is 34.6 Å². The smallest absolute Gasteiger partial charge is 0.261 e. The van der Waals surface area contributed by atoms with Crippen molar-refractivity contribution < 1.29 is 22.8 Å². The van der Waals surface area contributed by atoms with Gasteiger partial charge < -0.3 is 16.0 Å². The predicted molar refractivity (Wildman–Crippen MR) is 161 cm³/mol. The van der Waals surface area contributed by atoms with E-state index in [1.165, 1.54) is 30.3 Å². The molecule has 6 rings (SSSR count). The van der Waals surface area contributed by atoms with Crippen LogP contribution in [0.1, 0.15) is 74.0 Å². The maximum atomic E-state index is 16.1. The third kappa shape index (κ3) is 6.03. The largest absolute Gasteiger partial charge is 0.397 e. The van der Waals surface area contributed by atoms with Gasteiger partial charge in [-0.15, -0.1) is 0 Å². The zero-order valence-corrected chi connectivity index (χ0v) is 25.4. The van der Waals surface area contributed by atoms with Crippen molar-refractivity contribution in [1.29, 1.82) is 0 Å². The number of nitrogens with two attached hydrogens (primary N) is 1. The van der Waals surface area contributed by atoms with Crippen LogP contribution in [0.5, 0.6) is 0 Å². The average Bonchev–Trinajstić information content (AvgIpc) is 3.74. The molecule has 1 aliphatic carbocycles. The minimum atomic E-state index is -0.962. The highest BCUT2D eigenvalue weighted by Crippen LogP contribution is 2.41. The zero-order valence-electron chi connectivity index (χ0n) is 25.4. The lowest BCUT2D eigenvalue weighted by molar-refractivity contribution is -0.136. The Labute approximate surface area is 250 Å². The van der Waals surface area contributed by atoms with Crippen molar-refractivity contribution in [2.75, 3.05) is 35.6 Å². The fourth-order valence-corrected chi connectivity index (χ4v) is 5.42. The molecule has 3 N–H and O–H groups in total. The molecular formula is C32H39F3N6O2. The van der Waals surface area contributed by atoms with Crippen molar-refractivity contribution in [2.24, 2.45) is 11.8 Å². The van der Waals surface area contributed by atoms with Gasteiger partial charge in [-0.25, -0.2) is 23.1 Å². The molecule has 8 nitrogen and oxygen atoms in total. The highest BCUT2D eigenvalue weighted by molar-refractivity contribution is 6.08. The van der Waals surface area contributed by atoms with E-state index < -0.39 is 29.3 Å². The fraction of sp³-hybridized carbons (Fsp3) is 0.438. The first-order valence-corrected chi connectivity index (χ1v) is 14.9. The molecule has 0 bridgehead atoms. The number of aromatic nitrogens is 2. The second kappa shape index (κ2) is 13.0. The van der Waals surface area contributed by atoms with Crippen LogP contribution in [0, 0.1) is 36.2 Å². The normalized spacial score (nSPS) is 20.6. The summed E-state index contributed by atoms with van der Waals surface area (Å²) in [5, 5.41) is 3.04. The third-order valence-corrected chi connectivity index (χ3v) is 7.98. The lowest BCUT2D eigenvalue weighted by Gasteiger charge is -2.40. The average molecular weight is 597 g/mol. The summed E-state index contributed by atoms with van der Waals surface area (Å²) in [4.78, 5) is 37.4. The number of anilines is 3. The van der Waals surface area contributed by atoms with E-state index in [0.717, 1.165) is 12.5 Å². The Morgan fingerprint density at radius 3 is 2.26 bits per heavy atom. The third-order valence-electron chi connectivity index (χ3n) is 7.98. The van der Waals surface area contributed by atoms with Crippen molar-refractivity contribution in [2.45, 2.75) is 59.9 Å². The summed E-state index contributed by atoms with van der Waals surface area (Å²) in [5.74, 6) is -3.05. The maximum Gasteiger partial charge on any atom is 0.261 e. The molecule has 1 aromatic carbocycles. The predicted octanol–water partition coefficient (Wildman–Crippen LogP) is 5.91. The number of nitrogens with zero attached hydrogens (tertiary/aromatic N) is 4. The van der Waals surface area contributed by atoms with E-state index in [-0.39, 0.29) is 58.3 Å². The number of amides is 2. The lowest BCUT2D eigenvalue weighted by Crippen LogP contribution is -2.57. The van der Waals surface area contributed by atoms with Gasteiger partial charge >= 0.3 is 0 Å². The van der Waals surface area contributed by atoms with Gasteiger partial charge in [0.2, 0.25) is 5.91 Å². The molecule has 2 fully saturated rings. The van der Waals surface area contributed by atoms with Crippen LogP contribution < -0.4 is 16.0 Å². The van der Waals surface area contributed by atoms with Crippen molar-refractivity contribution in [1.82, 2.24) is 14.9 Å². The summed E-state index contributed by atoms with van der Waals surface area (Å²) in [6.45, 7) is 12.1. The van der Waals surface area contributed by atoms with Crippen LogP contribution in [-0.4, -0.2) is 52.4 Å².